The number of nitrogens with zero attached hydrogens (tertiary/aromatic N) is 3. The van der Waals surface area contributed by atoms with Crippen molar-refractivity contribution in [3.05, 3.63) is 72.6 Å². The fourth-order valence-corrected chi connectivity index (χ4v) is 3.73. The molecule has 1 aromatic heterocycles. The van der Waals surface area contributed by atoms with Gasteiger partial charge in [-0.25, -0.2) is 9.97 Å². The highest BCUT2D eigenvalue weighted by Gasteiger charge is 2.26. The summed E-state index contributed by atoms with van der Waals surface area (Å²) in [6.07, 6.45) is 4.27. The minimum absolute atomic E-state index is 0.0348. The number of nitrogens with one attached hydrogen (secondary N) is 1. The molecule has 29 heavy (non-hydrogen) atoms. The Kier molecular flexibility index (Phi) is 5.84. The SMILES string of the molecule is CCc1ccc(NC(=O)C2CCN(c3cc(-c4ccccc4)ncn3)CC2)cc1. The van der Waals surface area contributed by atoms with Crippen molar-refractivity contribution in [2.45, 2.75) is 26.2 Å². The lowest BCUT2D eigenvalue weighted by atomic mass is 9.95. The number of carbonyl (C=O) groups is 1. The molecule has 148 valence electrons. The van der Waals surface area contributed by atoms with Crippen molar-refractivity contribution in [1.29, 1.82) is 0 Å². The van der Waals surface area contributed by atoms with Crippen LogP contribution in [0.15, 0.2) is 67.0 Å². The third-order valence-corrected chi connectivity index (χ3v) is 5.54. The highest BCUT2D eigenvalue weighted by molar-refractivity contribution is 5.92. The van der Waals surface area contributed by atoms with Crippen molar-refractivity contribution in [1.82, 2.24) is 9.97 Å². The van der Waals surface area contributed by atoms with Crippen molar-refractivity contribution in [3.8, 4) is 11.3 Å². The minimum Gasteiger partial charge on any atom is -0.356 e. The maximum absolute atomic E-state index is 12.6. The molecule has 0 radical (unpaired) electrons. The second-order valence-electron chi connectivity index (χ2n) is 7.43. The molecule has 4 rings (SSSR count). The first-order valence-electron chi connectivity index (χ1n) is 10.2. The summed E-state index contributed by atoms with van der Waals surface area (Å²) < 4.78 is 0. The number of aryl methyl sites for hydroxylation is 1. The number of carbonyl (C=O) groups excluding carboxylic acids is 1. The molecule has 0 spiro atoms. The van der Waals surface area contributed by atoms with Crippen molar-refractivity contribution in [2.75, 3.05) is 23.3 Å². The fraction of sp³-hybridized carbons (Fsp3) is 0.292. The number of aromatic nitrogens is 2. The van der Waals surface area contributed by atoms with Gasteiger partial charge in [0.25, 0.3) is 0 Å². The van der Waals surface area contributed by atoms with Gasteiger partial charge >= 0.3 is 0 Å². The Labute approximate surface area is 171 Å². The van der Waals surface area contributed by atoms with Gasteiger partial charge in [0.1, 0.15) is 12.1 Å². The van der Waals surface area contributed by atoms with E-state index in [1.54, 1.807) is 6.33 Å². The van der Waals surface area contributed by atoms with E-state index in [-0.39, 0.29) is 11.8 Å². The molecule has 2 aromatic carbocycles. The van der Waals surface area contributed by atoms with E-state index in [0.29, 0.717) is 0 Å². The molecule has 5 heteroatoms. The molecule has 0 aliphatic carbocycles. The van der Waals surface area contributed by atoms with Gasteiger partial charge in [0, 0.05) is 36.3 Å². The van der Waals surface area contributed by atoms with Crippen LogP contribution >= 0.6 is 0 Å². The van der Waals surface area contributed by atoms with Gasteiger partial charge in [-0.2, -0.15) is 0 Å². The molecule has 1 amide bonds. The second-order valence-corrected chi connectivity index (χ2v) is 7.43. The normalized spacial score (nSPS) is 14.6. The molecule has 0 unspecified atom stereocenters. The van der Waals surface area contributed by atoms with Gasteiger partial charge in [0.2, 0.25) is 5.91 Å². The molecule has 2 heterocycles. The summed E-state index contributed by atoms with van der Waals surface area (Å²) in [5.41, 5.74) is 4.15. The Morgan fingerprint density at radius 3 is 2.45 bits per heavy atom. The lowest BCUT2D eigenvalue weighted by Gasteiger charge is -2.32. The molecule has 5 nitrogen and oxygen atoms in total. The number of amides is 1. The van der Waals surface area contributed by atoms with Crippen LogP contribution in [-0.4, -0.2) is 29.0 Å². The predicted octanol–water partition coefficient (Wildman–Crippen LogP) is 4.56. The van der Waals surface area contributed by atoms with E-state index in [0.717, 1.165) is 55.1 Å². The van der Waals surface area contributed by atoms with Gasteiger partial charge in [0.05, 0.1) is 5.69 Å². The van der Waals surface area contributed by atoms with Crippen LogP contribution in [0, 0.1) is 5.92 Å². The standard InChI is InChI=1S/C24H26N4O/c1-2-18-8-10-21(11-9-18)27-24(29)20-12-14-28(15-13-20)23-16-22(25-17-26-23)19-6-4-3-5-7-19/h3-11,16-17,20H,2,12-15H2,1H3,(H,27,29). The molecule has 1 fully saturated rings. The first-order valence-corrected chi connectivity index (χ1v) is 10.2. The molecule has 1 aliphatic rings. The Morgan fingerprint density at radius 2 is 1.76 bits per heavy atom. The van der Waals surface area contributed by atoms with Crippen LogP contribution in [0.1, 0.15) is 25.3 Å². The summed E-state index contributed by atoms with van der Waals surface area (Å²) in [4.78, 5) is 23.8. The number of benzene rings is 2. The smallest absolute Gasteiger partial charge is 0.227 e. The van der Waals surface area contributed by atoms with E-state index in [1.807, 2.05) is 36.4 Å². The number of piperidine rings is 1. The Balaban J connectivity index is 1.36. The van der Waals surface area contributed by atoms with Crippen LogP contribution in [0.5, 0.6) is 0 Å². The molecular weight excluding hydrogens is 360 g/mol. The second kappa shape index (κ2) is 8.86. The molecule has 0 bridgehead atoms. The summed E-state index contributed by atoms with van der Waals surface area (Å²) in [7, 11) is 0. The molecule has 0 saturated carbocycles. The minimum atomic E-state index is 0.0348. The average Bonchev–Trinajstić information content (AvgIpc) is 2.80. The van der Waals surface area contributed by atoms with Crippen LogP contribution < -0.4 is 10.2 Å². The van der Waals surface area contributed by atoms with Crippen LogP contribution in [0.25, 0.3) is 11.3 Å². The van der Waals surface area contributed by atoms with Gasteiger partial charge in [-0.05, 0) is 37.0 Å². The van der Waals surface area contributed by atoms with E-state index in [1.165, 1.54) is 5.56 Å². The summed E-state index contributed by atoms with van der Waals surface area (Å²) in [6.45, 7) is 3.76. The van der Waals surface area contributed by atoms with Crippen molar-refractivity contribution in [2.24, 2.45) is 5.92 Å². The zero-order valence-electron chi connectivity index (χ0n) is 16.7. The predicted molar refractivity (Wildman–Crippen MR) is 117 cm³/mol. The molecular formula is C24H26N4O. The van der Waals surface area contributed by atoms with Crippen molar-refractivity contribution < 1.29 is 4.79 Å². The Bertz CT molecular complexity index is 948. The van der Waals surface area contributed by atoms with Gasteiger partial charge in [-0.15, -0.1) is 0 Å². The summed E-state index contributed by atoms with van der Waals surface area (Å²) in [6, 6.07) is 20.3. The highest BCUT2D eigenvalue weighted by atomic mass is 16.1. The third-order valence-electron chi connectivity index (χ3n) is 5.54. The van der Waals surface area contributed by atoms with E-state index in [2.05, 4.69) is 51.4 Å². The average molecular weight is 386 g/mol. The molecule has 0 atom stereocenters. The maximum Gasteiger partial charge on any atom is 0.227 e. The molecule has 1 N–H and O–H groups in total. The van der Waals surface area contributed by atoms with Crippen molar-refractivity contribution in [3.63, 3.8) is 0 Å². The van der Waals surface area contributed by atoms with Crippen molar-refractivity contribution >= 4 is 17.4 Å². The van der Waals surface area contributed by atoms with Crippen LogP contribution in [0.4, 0.5) is 11.5 Å². The number of hydrogen-bond acceptors (Lipinski definition) is 4. The zero-order valence-corrected chi connectivity index (χ0v) is 16.7. The quantitative estimate of drug-likeness (QED) is 0.698. The Hall–Kier alpha value is -3.21. The number of hydrogen-bond donors (Lipinski definition) is 1. The van der Waals surface area contributed by atoms with Crippen LogP contribution in [0.2, 0.25) is 0 Å². The van der Waals surface area contributed by atoms with Crippen LogP contribution in [0.3, 0.4) is 0 Å². The van der Waals surface area contributed by atoms with Gasteiger partial charge < -0.3 is 10.2 Å². The number of anilines is 2. The summed E-state index contributed by atoms with van der Waals surface area (Å²) in [5, 5.41) is 3.07. The third kappa shape index (κ3) is 4.62. The van der Waals surface area contributed by atoms with E-state index >= 15 is 0 Å². The maximum atomic E-state index is 12.6. The van der Waals surface area contributed by atoms with Gasteiger partial charge in [-0.1, -0.05) is 49.4 Å². The molecule has 1 saturated heterocycles. The van der Waals surface area contributed by atoms with E-state index < -0.39 is 0 Å². The molecule has 3 aromatic rings. The number of rotatable bonds is 5. The van der Waals surface area contributed by atoms with Crippen LogP contribution in [-0.2, 0) is 11.2 Å². The highest BCUT2D eigenvalue weighted by Crippen LogP contribution is 2.26. The zero-order chi connectivity index (χ0) is 20.1. The van der Waals surface area contributed by atoms with E-state index in [9.17, 15) is 4.79 Å². The first kappa shape index (κ1) is 19.1. The summed E-state index contributed by atoms with van der Waals surface area (Å²) in [5.74, 6) is 1.07. The van der Waals surface area contributed by atoms with Gasteiger partial charge in [0.15, 0.2) is 0 Å². The Morgan fingerprint density at radius 1 is 1.03 bits per heavy atom. The molecule has 1 aliphatic heterocycles. The van der Waals surface area contributed by atoms with E-state index in [4.69, 9.17) is 0 Å². The summed E-state index contributed by atoms with van der Waals surface area (Å²) >= 11 is 0. The fourth-order valence-electron chi connectivity index (χ4n) is 3.73. The largest absolute Gasteiger partial charge is 0.356 e. The lowest BCUT2D eigenvalue weighted by molar-refractivity contribution is -0.120. The van der Waals surface area contributed by atoms with Gasteiger partial charge in [-0.3, -0.25) is 4.79 Å². The monoisotopic (exact) mass is 386 g/mol. The first-order chi connectivity index (χ1) is 14.2. The lowest BCUT2D eigenvalue weighted by Crippen LogP contribution is -2.38. The topological polar surface area (TPSA) is 58.1 Å².